The van der Waals surface area contributed by atoms with Crippen molar-refractivity contribution in [3.05, 3.63) is 71.0 Å². The number of hydrogen-bond acceptors (Lipinski definition) is 2. The van der Waals surface area contributed by atoms with E-state index in [-0.39, 0.29) is 12.4 Å². The Morgan fingerprint density at radius 1 is 1.05 bits per heavy atom. The zero-order valence-corrected chi connectivity index (χ0v) is 11.7. The lowest BCUT2D eigenvalue weighted by Gasteiger charge is -2.06. The number of carbonyl (C=O) groups is 2. The lowest BCUT2D eigenvalue weighted by molar-refractivity contribution is -0.116. The van der Waals surface area contributed by atoms with E-state index in [1.807, 2.05) is 6.92 Å². The van der Waals surface area contributed by atoms with Gasteiger partial charge in [0.15, 0.2) is 0 Å². The summed E-state index contributed by atoms with van der Waals surface area (Å²) in [6, 6.07) is 13.2. The highest BCUT2D eigenvalue weighted by Gasteiger charge is 2.15. The van der Waals surface area contributed by atoms with Crippen LogP contribution < -0.4 is 5.32 Å². The molecular formula is C17H16FNO2. The Kier molecular flexibility index (Phi) is 4.82. The van der Waals surface area contributed by atoms with Gasteiger partial charge in [0.05, 0.1) is 0 Å². The molecule has 108 valence electrons. The first-order chi connectivity index (χ1) is 10.1. The average Bonchev–Trinajstić information content (AvgIpc) is 2.49. The standard InChI is InChI=1S/C17H16FNO2/c1-12-6-8-14(9-7-12)16(20)17(21)19-11-10-13-4-2-3-5-15(13)18/h2-9H,10-11H2,1H3,(H,19,21). The van der Waals surface area contributed by atoms with Crippen LogP contribution in [0, 0.1) is 12.7 Å². The average molecular weight is 285 g/mol. The molecule has 0 bridgehead atoms. The summed E-state index contributed by atoms with van der Waals surface area (Å²) in [6.07, 6.45) is 0.347. The minimum atomic E-state index is -0.671. The summed E-state index contributed by atoms with van der Waals surface area (Å²) in [7, 11) is 0. The monoisotopic (exact) mass is 285 g/mol. The molecule has 1 N–H and O–H groups in total. The molecule has 3 nitrogen and oxygen atoms in total. The molecule has 2 aromatic carbocycles. The second-order valence-corrected chi connectivity index (χ2v) is 4.79. The van der Waals surface area contributed by atoms with Gasteiger partial charge in [0, 0.05) is 12.1 Å². The van der Waals surface area contributed by atoms with Crippen LogP contribution in [0.1, 0.15) is 21.5 Å². The number of halogens is 1. The Hall–Kier alpha value is -2.49. The molecule has 2 rings (SSSR count). The molecule has 0 aromatic heterocycles. The first-order valence-corrected chi connectivity index (χ1v) is 6.70. The summed E-state index contributed by atoms with van der Waals surface area (Å²) in [5.41, 5.74) is 1.89. The molecule has 0 heterocycles. The maximum absolute atomic E-state index is 13.4. The first kappa shape index (κ1) is 14.9. The molecule has 0 unspecified atom stereocenters. The minimum Gasteiger partial charge on any atom is -0.349 e. The predicted molar refractivity (Wildman–Crippen MR) is 78.6 cm³/mol. The molecule has 21 heavy (non-hydrogen) atoms. The zero-order chi connectivity index (χ0) is 15.2. The van der Waals surface area contributed by atoms with Gasteiger partial charge in [0.2, 0.25) is 5.78 Å². The fourth-order valence-electron chi connectivity index (χ4n) is 1.93. The van der Waals surface area contributed by atoms with Gasteiger partial charge in [0.25, 0.3) is 5.91 Å². The van der Waals surface area contributed by atoms with Crippen LogP contribution in [-0.2, 0) is 11.2 Å². The van der Waals surface area contributed by atoms with Crippen molar-refractivity contribution in [2.45, 2.75) is 13.3 Å². The predicted octanol–water partition coefficient (Wildman–Crippen LogP) is 2.68. The van der Waals surface area contributed by atoms with E-state index in [2.05, 4.69) is 5.32 Å². The zero-order valence-electron chi connectivity index (χ0n) is 11.7. The van der Waals surface area contributed by atoms with Gasteiger partial charge in [0.1, 0.15) is 5.82 Å². The lowest BCUT2D eigenvalue weighted by atomic mass is 10.1. The summed E-state index contributed by atoms with van der Waals surface area (Å²) in [6.45, 7) is 2.13. The van der Waals surface area contributed by atoms with Crippen molar-refractivity contribution in [1.29, 1.82) is 0 Å². The van der Waals surface area contributed by atoms with Gasteiger partial charge in [-0.05, 0) is 25.0 Å². The van der Waals surface area contributed by atoms with E-state index in [1.165, 1.54) is 6.07 Å². The van der Waals surface area contributed by atoms with Crippen LogP contribution >= 0.6 is 0 Å². The Morgan fingerprint density at radius 3 is 2.38 bits per heavy atom. The molecule has 1 amide bonds. The number of carbonyl (C=O) groups excluding carboxylic acids is 2. The summed E-state index contributed by atoms with van der Waals surface area (Å²) in [4.78, 5) is 23.6. The van der Waals surface area contributed by atoms with E-state index in [1.54, 1.807) is 42.5 Å². The molecule has 0 aliphatic carbocycles. The van der Waals surface area contributed by atoms with Gasteiger partial charge in [-0.2, -0.15) is 0 Å². The van der Waals surface area contributed by atoms with E-state index in [0.29, 0.717) is 17.5 Å². The van der Waals surface area contributed by atoms with E-state index < -0.39 is 11.7 Å². The van der Waals surface area contributed by atoms with Crippen molar-refractivity contribution in [2.24, 2.45) is 0 Å². The van der Waals surface area contributed by atoms with Crippen LogP contribution in [0.5, 0.6) is 0 Å². The quantitative estimate of drug-likeness (QED) is 0.678. The minimum absolute atomic E-state index is 0.220. The number of hydrogen-bond donors (Lipinski definition) is 1. The van der Waals surface area contributed by atoms with Crippen molar-refractivity contribution in [3.8, 4) is 0 Å². The van der Waals surface area contributed by atoms with Crippen LogP contribution in [0.3, 0.4) is 0 Å². The van der Waals surface area contributed by atoms with Crippen molar-refractivity contribution in [1.82, 2.24) is 5.32 Å². The topological polar surface area (TPSA) is 46.2 Å². The molecule has 0 atom stereocenters. The fourth-order valence-corrected chi connectivity index (χ4v) is 1.93. The number of aryl methyl sites for hydroxylation is 1. The second-order valence-electron chi connectivity index (χ2n) is 4.79. The van der Waals surface area contributed by atoms with Crippen LogP contribution in [0.15, 0.2) is 48.5 Å². The van der Waals surface area contributed by atoms with Gasteiger partial charge in [-0.25, -0.2) is 4.39 Å². The molecule has 4 heteroatoms. The van der Waals surface area contributed by atoms with Crippen LogP contribution in [0.4, 0.5) is 4.39 Å². The number of nitrogens with one attached hydrogen (secondary N) is 1. The largest absolute Gasteiger partial charge is 0.349 e. The highest BCUT2D eigenvalue weighted by Crippen LogP contribution is 2.07. The molecule has 0 aliphatic rings. The third-order valence-corrected chi connectivity index (χ3v) is 3.16. The normalized spacial score (nSPS) is 10.2. The van der Waals surface area contributed by atoms with Gasteiger partial charge in [-0.1, -0.05) is 48.0 Å². The number of ketones is 1. The van der Waals surface area contributed by atoms with Gasteiger partial charge < -0.3 is 5.32 Å². The van der Waals surface area contributed by atoms with Crippen molar-refractivity contribution >= 4 is 11.7 Å². The Balaban J connectivity index is 1.89. The first-order valence-electron chi connectivity index (χ1n) is 6.70. The molecule has 0 saturated carbocycles. The molecular weight excluding hydrogens is 269 g/mol. The summed E-state index contributed by atoms with van der Waals surface area (Å²) in [5, 5.41) is 2.52. The van der Waals surface area contributed by atoms with Crippen molar-refractivity contribution < 1.29 is 14.0 Å². The van der Waals surface area contributed by atoms with Gasteiger partial charge in [-0.3, -0.25) is 9.59 Å². The molecule has 0 aliphatic heterocycles. The number of rotatable bonds is 5. The number of benzene rings is 2. The number of amides is 1. The molecule has 0 fully saturated rings. The third kappa shape index (κ3) is 3.99. The maximum Gasteiger partial charge on any atom is 0.292 e. The SMILES string of the molecule is Cc1ccc(C(=O)C(=O)NCCc2ccccc2F)cc1. The van der Waals surface area contributed by atoms with Gasteiger partial charge >= 0.3 is 0 Å². The van der Waals surface area contributed by atoms with E-state index in [9.17, 15) is 14.0 Å². The fraction of sp³-hybridized carbons (Fsp3) is 0.176. The van der Waals surface area contributed by atoms with Crippen LogP contribution in [-0.4, -0.2) is 18.2 Å². The van der Waals surface area contributed by atoms with E-state index in [4.69, 9.17) is 0 Å². The Bertz CT molecular complexity index is 650. The van der Waals surface area contributed by atoms with Crippen molar-refractivity contribution in [2.75, 3.05) is 6.54 Å². The maximum atomic E-state index is 13.4. The molecule has 0 saturated heterocycles. The van der Waals surface area contributed by atoms with Gasteiger partial charge in [-0.15, -0.1) is 0 Å². The highest BCUT2D eigenvalue weighted by molar-refractivity contribution is 6.42. The lowest BCUT2D eigenvalue weighted by Crippen LogP contribution is -2.32. The Labute approximate surface area is 122 Å². The molecule has 2 aromatic rings. The smallest absolute Gasteiger partial charge is 0.292 e. The second kappa shape index (κ2) is 6.79. The highest BCUT2D eigenvalue weighted by atomic mass is 19.1. The summed E-state index contributed by atoms with van der Waals surface area (Å²) in [5.74, 6) is -1.56. The van der Waals surface area contributed by atoms with E-state index in [0.717, 1.165) is 5.56 Å². The third-order valence-electron chi connectivity index (χ3n) is 3.16. The summed E-state index contributed by atoms with van der Waals surface area (Å²) < 4.78 is 13.4. The Morgan fingerprint density at radius 2 is 1.71 bits per heavy atom. The number of Topliss-reactive ketones (excluding diaryl/α,β-unsaturated/α-hetero) is 1. The summed E-state index contributed by atoms with van der Waals surface area (Å²) >= 11 is 0. The molecule has 0 spiro atoms. The van der Waals surface area contributed by atoms with Crippen LogP contribution in [0.25, 0.3) is 0 Å². The van der Waals surface area contributed by atoms with Crippen LogP contribution in [0.2, 0.25) is 0 Å². The van der Waals surface area contributed by atoms with E-state index >= 15 is 0 Å². The molecule has 0 radical (unpaired) electrons. The van der Waals surface area contributed by atoms with Crippen molar-refractivity contribution in [3.63, 3.8) is 0 Å².